The van der Waals surface area contributed by atoms with Crippen LogP contribution in [0.25, 0.3) is 11.3 Å². The third kappa shape index (κ3) is 11.6. The molecule has 0 spiro atoms. The van der Waals surface area contributed by atoms with Crippen LogP contribution in [0, 0.1) is 0 Å². The van der Waals surface area contributed by atoms with E-state index in [0.29, 0.717) is 41.4 Å². The van der Waals surface area contributed by atoms with Gasteiger partial charge in [0.25, 0.3) is 17.9 Å². The summed E-state index contributed by atoms with van der Waals surface area (Å²) in [7, 11) is 1.62. The molecule has 0 fully saturated rings. The van der Waals surface area contributed by atoms with E-state index in [0.717, 1.165) is 23.1 Å². The van der Waals surface area contributed by atoms with E-state index in [2.05, 4.69) is 30.7 Å². The van der Waals surface area contributed by atoms with Crippen molar-refractivity contribution in [1.82, 2.24) is 20.2 Å². The van der Waals surface area contributed by atoms with Crippen molar-refractivity contribution >= 4 is 35.6 Å². The van der Waals surface area contributed by atoms with Gasteiger partial charge in [0.1, 0.15) is 19.0 Å². The number of nitrogens with zero attached hydrogens (tertiary/aromatic N) is 3. The van der Waals surface area contributed by atoms with Gasteiger partial charge in [0.15, 0.2) is 5.82 Å². The van der Waals surface area contributed by atoms with Gasteiger partial charge in [-0.1, -0.05) is 61.5 Å². The van der Waals surface area contributed by atoms with E-state index in [1.165, 1.54) is 10.8 Å². The van der Waals surface area contributed by atoms with Gasteiger partial charge >= 0.3 is 0 Å². The molecule has 1 aromatic heterocycles. The maximum Gasteiger partial charge on any atom is 0.294 e. The first-order chi connectivity index (χ1) is 23.9. The fourth-order valence-corrected chi connectivity index (χ4v) is 4.61. The molecule has 0 aliphatic carbocycles. The first kappa shape index (κ1) is 38.5. The molecule has 0 saturated heterocycles. The second kappa shape index (κ2) is 19.1. The highest BCUT2D eigenvalue weighted by molar-refractivity contribution is 5.97. The quantitative estimate of drug-likeness (QED) is 0.0568. The van der Waals surface area contributed by atoms with Crippen LogP contribution >= 0.6 is 0 Å². The SMILES string of the molecule is CC[C@@H](C)NC(=O)c1cc(N)cc(-c2cnc(NC(C)C)c(=O)n2CC(=O)NCc2ccc(C(N)=NC)cc2)c1.O=COCc1ccccc1. The summed E-state index contributed by atoms with van der Waals surface area (Å²) in [6, 6.07) is 21.7. The molecule has 1 heterocycles. The van der Waals surface area contributed by atoms with Gasteiger partial charge in [0.2, 0.25) is 5.91 Å². The zero-order valence-electron chi connectivity index (χ0n) is 29.1. The average molecular weight is 683 g/mol. The Bertz CT molecular complexity index is 1820. The molecule has 1 atom stereocenters. The zero-order chi connectivity index (χ0) is 36.6. The molecule has 3 aromatic carbocycles. The Morgan fingerprint density at radius 3 is 2.32 bits per heavy atom. The summed E-state index contributed by atoms with van der Waals surface area (Å²) in [4.78, 5) is 57.3. The van der Waals surface area contributed by atoms with Gasteiger partial charge in [-0.15, -0.1) is 0 Å². The van der Waals surface area contributed by atoms with Crippen LogP contribution in [0.4, 0.5) is 11.5 Å². The molecular weight excluding hydrogens is 636 g/mol. The highest BCUT2D eigenvalue weighted by Gasteiger charge is 2.18. The number of anilines is 2. The number of hydrogen-bond acceptors (Lipinski definition) is 9. The molecular formula is C37H46N8O5. The van der Waals surface area contributed by atoms with Crippen molar-refractivity contribution in [3.8, 4) is 11.3 Å². The van der Waals surface area contributed by atoms with Gasteiger partial charge < -0.3 is 32.2 Å². The molecule has 7 N–H and O–H groups in total. The maximum absolute atomic E-state index is 13.5. The van der Waals surface area contributed by atoms with Crippen LogP contribution in [0.5, 0.6) is 0 Å². The number of amidine groups is 1. The normalized spacial score (nSPS) is 11.5. The minimum atomic E-state index is -0.465. The van der Waals surface area contributed by atoms with Crippen LogP contribution < -0.4 is 33.0 Å². The lowest BCUT2D eigenvalue weighted by molar-refractivity contribution is -0.129. The summed E-state index contributed by atoms with van der Waals surface area (Å²) in [5.41, 5.74) is 15.7. The van der Waals surface area contributed by atoms with Crippen molar-refractivity contribution < 1.29 is 19.1 Å². The summed E-state index contributed by atoms with van der Waals surface area (Å²) in [6.45, 7) is 8.47. The van der Waals surface area contributed by atoms with E-state index < -0.39 is 5.56 Å². The molecule has 0 bridgehead atoms. The van der Waals surface area contributed by atoms with E-state index in [9.17, 15) is 19.2 Å². The van der Waals surface area contributed by atoms with Crippen molar-refractivity contribution in [2.75, 3.05) is 18.1 Å². The predicted octanol–water partition coefficient (Wildman–Crippen LogP) is 3.85. The summed E-state index contributed by atoms with van der Waals surface area (Å²) < 4.78 is 5.87. The van der Waals surface area contributed by atoms with Gasteiger partial charge in [-0.05, 0) is 56.5 Å². The van der Waals surface area contributed by atoms with Crippen LogP contribution in [-0.4, -0.2) is 52.8 Å². The number of nitrogen functional groups attached to an aromatic ring is 1. The van der Waals surface area contributed by atoms with Crippen molar-refractivity contribution in [1.29, 1.82) is 0 Å². The number of aliphatic imine (C=N–C) groups is 1. The molecule has 0 radical (unpaired) electrons. The van der Waals surface area contributed by atoms with Gasteiger partial charge in [-0.3, -0.25) is 28.7 Å². The van der Waals surface area contributed by atoms with Crippen LogP contribution in [0.15, 0.2) is 88.8 Å². The summed E-state index contributed by atoms with van der Waals surface area (Å²) in [5, 5.41) is 8.80. The number of benzene rings is 3. The average Bonchev–Trinajstić information content (AvgIpc) is 3.11. The monoisotopic (exact) mass is 682 g/mol. The molecule has 0 aliphatic rings. The highest BCUT2D eigenvalue weighted by Crippen LogP contribution is 2.23. The molecule has 2 amide bonds. The third-order valence-corrected chi connectivity index (χ3v) is 7.43. The lowest BCUT2D eigenvalue weighted by atomic mass is 10.1. The largest absolute Gasteiger partial charge is 0.463 e. The van der Waals surface area contributed by atoms with E-state index in [4.69, 9.17) is 11.5 Å². The first-order valence-corrected chi connectivity index (χ1v) is 16.2. The number of amides is 2. The lowest BCUT2D eigenvalue weighted by Crippen LogP contribution is -2.35. The third-order valence-electron chi connectivity index (χ3n) is 7.43. The van der Waals surface area contributed by atoms with Crippen LogP contribution in [0.2, 0.25) is 0 Å². The van der Waals surface area contributed by atoms with E-state index in [-0.39, 0.29) is 42.8 Å². The molecule has 4 rings (SSSR count). The summed E-state index contributed by atoms with van der Waals surface area (Å²) in [6.07, 6.45) is 2.28. The molecule has 13 heteroatoms. The van der Waals surface area contributed by atoms with Crippen LogP contribution in [0.3, 0.4) is 0 Å². The highest BCUT2D eigenvalue weighted by atomic mass is 16.5. The topological polar surface area (TPSA) is 196 Å². The summed E-state index contributed by atoms with van der Waals surface area (Å²) in [5.74, 6) is -0.106. The molecule has 0 aliphatic heterocycles. The number of hydrogen-bond donors (Lipinski definition) is 5. The van der Waals surface area contributed by atoms with Crippen LogP contribution in [0.1, 0.15) is 61.2 Å². The Labute approximate surface area is 292 Å². The van der Waals surface area contributed by atoms with Gasteiger partial charge in [0.05, 0.1) is 11.9 Å². The smallest absolute Gasteiger partial charge is 0.294 e. The Hall–Kier alpha value is -5.98. The van der Waals surface area contributed by atoms with Crippen molar-refractivity contribution in [2.45, 2.75) is 65.9 Å². The van der Waals surface area contributed by atoms with Gasteiger partial charge in [0, 0.05) is 48.1 Å². The Balaban J connectivity index is 0.000000578. The lowest BCUT2D eigenvalue weighted by Gasteiger charge is -2.17. The van der Waals surface area contributed by atoms with Crippen molar-refractivity contribution in [3.05, 3.63) is 112 Å². The zero-order valence-corrected chi connectivity index (χ0v) is 29.1. The van der Waals surface area contributed by atoms with Crippen LogP contribution in [-0.2, 0) is 34.0 Å². The minimum Gasteiger partial charge on any atom is -0.463 e. The number of carbonyl (C=O) groups excluding carboxylic acids is 3. The molecule has 4 aromatic rings. The van der Waals surface area contributed by atoms with Crippen molar-refractivity contribution in [2.24, 2.45) is 10.7 Å². The predicted molar refractivity (Wildman–Crippen MR) is 197 cm³/mol. The Morgan fingerprint density at radius 1 is 1.00 bits per heavy atom. The number of rotatable bonds is 14. The van der Waals surface area contributed by atoms with Gasteiger partial charge in [-0.2, -0.15) is 0 Å². The van der Waals surface area contributed by atoms with E-state index in [1.54, 1.807) is 25.2 Å². The Kier molecular flexibility index (Phi) is 14.7. The molecule has 0 unspecified atom stereocenters. The minimum absolute atomic E-state index is 0.0179. The fourth-order valence-electron chi connectivity index (χ4n) is 4.61. The number of aromatic nitrogens is 2. The molecule has 50 heavy (non-hydrogen) atoms. The number of nitrogens with one attached hydrogen (secondary N) is 3. The summed E-state index contributed by atoms with van der Waals surface area (Å²) >= 11 is 0. The second-order valence-corrected chi connectivity index (χ2v) is 11.8. The number of ether oxygens (including phenoxy) is 1. The molecule has 264 valence electrons. The maximum atomic E-state index is 13.5. The first-order valence-electron chi connectivity index (χ1n) is 16.2. The standard InChI is InChI=1S/C29H38N8O3.C8H8O2/c1-6-18(4)36-28(39)22-11-21(12-23(30)13-22)24-15-34-27(35-17(2)3)29(40)37(24)16-25(38)33-14-19-7-9-20(10-8-19)26(31)32-5;9-7-10-6-8-4-2-1-3-5-8/h7-13,15,17-18H,6,14,16,30H2,1-5H3,(H2,31,32)(H,33,38)(H,34,35)(H,36,39);1-5,7H,6H2/t18-;/m1./s1. The Morgan fingerprint density at radius 2 is 1.70 bits per heavy atom. The van der Waals surface area contributed by atoms with Crippen molar-refractivity contribution in [3.63, 3.8) is 0 Å². The molecule has 0 saturated carbocycles. The fraction of sp³-hybridized carbons (Fsp3) is 0.297. The number of nitrogens with two attached hydrogens (primary N) is 2. The van der Waals surface area contributed by atoms with Gasteiger partial charge in [-0.25, -0.2) is 4.98 Å². The van der Waals surface area contributed by atoms with E-state index in [1.807, 2.05) is 82.3 Å². The number of carbonyl (C=O) groups is 3. The molecule has 13 nitrogen and oxygen atoms in total. The van der Waals surface area contributed by atoms with E-state index >= 15 is 0 Å². The second-order valence-electron chi connectivity index (χ2n) is 11.8.